The summed E-state index contributed by atoms with van der Waals surface area (Å²) in [7, 11) is -11.7. The molecule has 1 aliphatic heterocycles. The fourth-order valence-corrected chi connectivity index (χ4v) is 12.8. The molecule has 5 aromatic rings. The van der Waals surface area contributed by atoms with Crippen molar-refractivity contribution >= 4 is 72.2 Å². The van der Waals surface area contributed by atoms with Gasteiger partial charge in [0.2, 0.25) is 17.0 Å². The molecule has 0 radical (unpaired) electrons. The summed E-state index contributed by atoms with van der Waals surface area (Å²) in [4.78, 5) is 23.2. The number of anilines is 2. The van der Waals surface area contributed by atoms with Crippen molar-refractivity contribution in [2.75, 3.05) is 11.1 Å². The van der Waals surface area contributed by atoms with E-state index < -0.39 is 81.3 Å². The van der Waals surface area contributed by atoms with Gasteiger partial charge in [-0.3, -0.25) is 9.59 Å². The fraction of sp³-hybridized carbons (Fsp3) is 0.328. The second kappa shape index (κ2) is 23.2. The molecule has 1 unspecified atom stereocenters. The van der Waals surface area contributed by atoms with Gasteiger partial charge in [0.15, 0.2) is 29.5 Å². The van der Waals surface area contributed by atoms with E-state index in [4.69, 9.17) is 9.15 Å². The Labute approximate surface area is 451 Å². The van der Waals surface area contributed by atoms with E-state index in [1.807, 2.05) is 12.1 Å². The van der Waals surface area contributed by atoms with E-state index in [-0.39, 0.29) is 64.4 Å². The minimum Gasteiger partial charge on any atom is -0.456 e. The number of carbonyl (C=O) groups excluding carboxylic acids is 2. The predicted molar refractivity (Wildman–Crippen MR) is 292 cm³/mol. The molecule has 12 nitrogen and oxygen atoms in total. The molecule has 0 saturated carbocycles. The predicted octanol–water partition coefficient (Wildman–Crippen LogP) is 12.9. The first kappa shape index (κ1) is 58.1. The van der Waals surface area contributed by atoms with Crippen molar-refractivity contribution in [1.82, 2.24) is 5.32 Å². The molecule has 5 aromatic carbocycles. The number of amides is 1. The summed E-state index contributed by atoms with van der Waals surface area (Å²) in [6.45, 7) is 21.6. The number of benzene rings is 6. The number of carbonyl (C=O) groups is 2. The highest BCUT2D eigenvalue weighted by molar-refractivity contribution is 8.12. The second-order valence-electron chi connectivity index (χ2n) is 20.6. The minimum absolute atomic E-state index is 0.0547. The number of halogens is 4. The van der Waals surface area contributed by atoms with E-state index in [2.05, 4.69) is 99.4 Å². The molecule has 0 spiro atoms. The van der Waals surface area contributed by atoms with Crippen molar-refractivity contribution in [2.24, 2.45) is 5.41 Å². The van der Waals surface area contributed by atoms with E-state index >= 15 is 17.6 Å². The van der Waals surface area contributed by atoms with Gasteiger partial charge in [0.25, 0.3) is 6.47 Å². The van der Waals surface area contributed by atoms with Crippen LogP contribution in [0.2, 0.25) is 0 Å². The Hall–Kier alpha value is -6.54. The molecule has 2 aliphatic rings. The first-order valence-electron chi connectivity index (χ1n) is 25.1. The van der Waals surface area contributed by atoms with Gasteiger partial charge in [-0.15, -0.1) is 11.8 Å². The Kier molecular flexibility index (Phi) is 17.5. The molecule has 3 N–H and O–H groups in total. The van der Waals surface area contributed by atoms with E-state index in [0.29, 0.717) is 28.4 Å². The maximum absolute atomic E-state index is 15.9. The molecule has 7 rings (SSSR count). The van der Waals surface area contributed by atoms with Crippen molar-refractivity contribution in [3.63, 3.8) is 0 Å². The van der Waals surface area contributed by atoms with Crippen LogP contribution >= 0.6 is 11.8 Å². The molecule has 0 fully saturated rings. The number of hydrogen-bond acceptors (Lipinski definition) is 10. The smallest absolute Gasteiger partial charge is 0.295 e. The lowest BCUT2D eigenvalue weighted by Gasteiger charge is -2.26. The molecule has 19 heteroatoms. The van der Waals surface area contributed by atoms with E-state index in [0.717, 1.165) is 39.7 Å². The Morgan fingerprint density at radius 2 is 1.30 bits per heavy atom. The molecular formula is C58H62F4N4O8S3. The van der Waals surface area contributed by atoms with Gasteiger partial charge >= 0.3 is 0 Å². The van der Waals surface area contributed by atoms with Crippen LogP contribution in [0.1, 0.15) is 129 Å². The summed E-state index contributed by atoms with van der Waals surface area (Å²) in [5, 5.41) is 6.99. The number of para-hydroxylation sites is 2. The monoisotopic (exact) mass is 1110 g/mol. The third-order valence-electron chi connectivity index (χ3n) is 13.5. The number of ether oxygens (including phenoxy) is 1. The van der Waals surface area contributed by atoms with Gasteiger partial charge < -0.3 is 23.9 Å². The average molecular weight is 1120 g/mol. The van der Waals surface area contributed by atoms with Gasteiger partial charge in [0.05, 0.1) is 21.6 Å². The maximum atomic E-state index is 15.9. The van der Waals surface area contributed by atoms with Crippen LogP contribution in [0.15, 0.2) is 116 Å². The third-order valence-corrected chi connectivity index (χ3v) is 17.9. The topological polar surface area (TPSA) is 177 Å². The highest BCUT2D eigenvalue weighted by atomic mass is 32.3. The fourth-order valence-electron chi connectivity index (χ4n) is 8.91. The van der Waals surface area contributed by atoms with Crippen LogP contribution in [-0.4, -0.2) is 41.2 Å². The standard InChI is InChI=1S/C58H61F4N4O8S3/c1-12-58(10,11)57(68)65-47(73-30-67)29-75-55-49(59)51(61)56(52(62)50(55)60)77(71,72)66-76(69,70)46-22-14-13-17-43(46)48-41-25-23-35(63-53-37(31(2)3)18-15-19-38(53)32(4)5)27-44(41)74-45-28-36(24-26-42(45)48)64-54-39(33(6)7)20-16-21-40(54)34(8)9/h13-28,30-34,47H,12,29H2,1-11H3,(H,63,64)(H,65,68)/q-1/p+1. The highest BCUT2D eigenvalue weighted by Crippen LogP contribution is 2.46. The quantitative estimate of drug-likeness (QED) is 0.0166. The van der Waals surface area contributed by atoms with Crippen LogP contribution in [0.25, 0.3) is 37.5 Å². The summed E-state index contributed by atoms with van der Waals surface area (Å²) in [5.41, 5.74) is 6.66. The van der Waals surface area contributed by atoms with Crippen molar-refractivity contribution in [2.45, 2.75) is 127 Å². The Bertz CT molecular complexity index is 3590. The van der Waals surface area contributed by atoms with E-state index in [1.54, 1.807) is 57.2 Å². The largest absolute Gasteiger partial charge is 0.456 e. The Balaban J connectivity index is 1.37. The third kappa shape index (κ3) is 12.1. The van der Waals surface area contributed by atoms with E-state index in [1.165, 1.54) is 18.2 Å². The lowest BCUT2D eigenvalue weighted by Crippen LogP contribution is -2.71. The molecule has 0 bridgehead atoms. The molecule has 1 aliphatic carbocycles. The van der Waals surface area contributed by atoms with Gasteiger partial charge in [-0.25, -0.2) is 39.4 Å². The van der Waals surface area contributed by atoms with Gasteiger partial charge in [0, 0.05) is 62.1 Å². The first-order chi connectivity index (χ1) is 36.2. The summed E-state index contributed by atoms with van der Waals surface area (Å²) in [6.07, 6.45) is -1.19. The molecule has 0 aromatic heterocycles. The number of rotatable bonds is 20. The van der Waals surface area contributed by atoms with Crippen LogP contribution in [0.3, 0.4) is 0 Å². The first-order valence-corrected chi connectivity index (χ1v) is 28.9. The molecule has 408 valence electrons. The van der Waals surface area contributed by atoms with Crippen LogP contribution in [-0.2, 0) is 34.4 Å². The van der Waals surface area contributed by atoms with Crippen molar-refractivity contribution in [3.05, 3.63) is 152 Å². The van der Waals surface area contributed by atoms with Gasteiger partial charge in [-0.05, 0) is 65.5 Å². The number of nitrogens with one attached hydrogen (secondary N) is 3. The maximum Gasteiger partial charge on any atom is 0.295 e. The zero-order chi connectivity index (χ0) is 56.5. The summed E-state index contributed by atoms with van der Waals surface area (Å²) in [6, 6.07) is 28.1. The summed E-state index contributed by atoms with van der Waals surface area (Å²) < 4.78 is 135. The number of nitrogens with zero attached hydrogens (tertiary/aromatic N) is 1. The second-order valence-corrected chi connectivity index (χ2v) is 24.9. The number of hydrogen-bond donors (Lipinski definition) is 3. The summed E-state index contributed by atoms with van der Waals surface area (Å²) >= 11 is 0.0615. The number of fused-ring (bicyclic) bond motifs is 2. The van der Waals surface area contributed by atoms with Crippen LogP contribution < -0.4 is 21.0 Å². The van der Waals surface area contributed by atoms with Crippen LogP contribution in [0.5, 0.6) is 0 Å². The van der Waals surface area contributed by atoms with Gasteiger partial charge in [-0.2, -0.15) is 0 Å². The molecule has 1 atom stereocenters. The minimum atomic E-state index is -6.12. The lowest BCUT2D eigenvalue weighted by atomic mass is 9.89. The summed E-state index contributed by atoms with van der Waals surface area (Å²) in [5.74, 6) is -9.73. The van der Waals surface area contributed by atoms with Crippen molar-refractivity contribution in [3.8, 4) is 22.5 Å². The van der Waals surface area contributed by atoms with Crippen LogP contribution in [0.4, 0.5) is 34.6 Å². The number of thioether (sulfide) groups is 1. The van der Waals surface area contributed by atoms with E-state index in [9.17, 15) is 26.4 Å². The molecule has 77 heavy (non-hydrogen) atoms. The van der Waals surface area contributed by atoms with Crippen LogP contribution in [0, 0.1) is 28.7 Å². The molecule has 0 saturated heterocycles. The lowest BCUT2D eigenvalue weighted by molar-refractivity contribution is -0.404. The zero-order valence-corrected chi connectivity index (χ0v) is 47.0. The molecule has 1 heterocycles. The molecular weight excluding hydrogens is 1050 g/mol. The van der Waals surface area contributed by atoms with Gasteiger partial charge in [-0.1, -0.05) is 131 Å². The van der Waals surface area contributed by atoms with Gasteiger partial charge in [0.1, 0.15) is 36.3 Å². The number of sulfonamides is 2. The normalized spacial score (nSPS) is 13.1. The highest BCUT2D eigenvalue weighted by Gasteiger charge is 2.34. The Morgan fingerprint density at radius 1 is 0.727 bits per heavy atom. The Morgan fingerprint density at radius 3 is 1.86 bits per heavy atom. The zero-order valence-electron chi connectivity index (χ0n) is 44.6. The van der Waals surface area contributed by atoms with Crippen molar-refractivity contribution < 1.29 is 58.1 Å². The molecule has 1 amide bonds. The van der Waals surface area contributed by atoms with Crippen molar-refractivity contribution in [1.29, 1.82) is 0 Å². The average Bonchev–Trinajstić information content (AvgIpc) is 3.38. The SMILES string of the molecule is CCC(C)(C)C(=O)NC(CSc1c(F)c(F)c(S(=O)(=O)[N-]S(=O)(=O)c2ccccc2-c2c3ccc(=[NH+]c4c(C(C)C)cccc4C(C)C)cc-3oc3cc(Nc4c(C(C)C)cccc4C(C)C)ccc23)c(F)c1F)OC=O.